The standard InChI is InChI=1S/C10H10OSi/c1-2-7-10-9(5-1)6-3-4-8-12-11-10/h1-5,7-8,12H,6H2. The average Bonchev–Trinajstić information content (AvgIpc) is 2.06. The molecule has 0 amide bonds. The Balaban J connectivity index is 2.40. The molecule has 0 spiro atoms. The molecule has 0 fully saturated rings. The Hall–Kier alpha value is -1.15. The summed E-state index contributed by atoms with van der Waals surface area (Å²) in [5, 5.41) is 0. The lowest BCUT2D eigenvalue weighted by Gasteiger charge is -2.07. The molecule has 0 radical (unpaired) electrons. The van der Waals surface area contributed by atoms with Crippen molar-refractivity contribution in [3.63, 3.8) is 0 Å². The van der Waals surface area contributed by atoms with Crippen LogP contribution in [-0.2, 0) is 6.42 Å². The number of hydrogen-bond acceptors (Lipinski definition) is 1. The summed E-state index contributed by atoms with van der Waals surface area (Å²) in [7, 11) is -0.0117. The molecular formula is C10H10OSi. The van der Waals surface area contributed by atoms with E-state index in [1.165, 1.54) is 5.56 Å². The van der Waals surface area contributed by atoms with E-state index in [2.05, 4.69) is 30.0 Å². The minimum atomic E-state index is -0.0117. The van der Waals surface area contributed by atoms with Gasteiger partial charge in [0.1, 0.15) is 5.75 Å². The smallest absolute Gasteiger partial charge is 0.224 e. The van der Waals surface area contributed by atoms with E-state index >= 15 is 0 Å². The molecule has 0 saturated heterocycles. The van der Waals surface area contributed by atoms with E-state index < -0.39 is 0 Å². The Kier molecular flexibility index (Phi) is 2.18. The highest BCUT2D eigenvalue weighted by atomic mass is 28.2. The van der Waals surface area contributed by atoms with Crippen molar-refractivity contribution in [3.8, 4) is 5.75 Å². The SMILES string of the molecule is C1=CCc2ccccc2O[SiH]=C1. The van der Waals surface area contributed by atoms with Crippen LogP contribution in [0.15, 0.2) is 36.4 Å². The van der Waals surface area contributed by atoms with Crippen LogP contribution < -0.4 is 4.43 Å². The summed E-state index contributed by atoms with van der Waals surface area (Å²) in [5.41, 5.74) is 3.39. The first-order valence-corrected chi connectivity index (χ1v) is 5.17. The lowest BCUT2D eigenvalue weighted by Crippen LogP contribution is -2.00. The van der Waals surface area contributed by atoms with Gasteiger partial charge in [-0.1, -0.05) is 30.4 Å². The van der Waals surface area contributed by atoms with E-state index in [1.54, 1.807) is 0 Å². The molecule has 60 valence electrons. The van der Waals surface area contributed by atoms with Gasteiger partial charge in [0.05, 0.1) is 0 Å². The monoisotopic (exact) mass is 174 g/mol. The molecule has 0 saturated carbocycles. The largest absolute Gasteiger partial charge is 0.519 e. The lowest BCUT2D eigenvalue weighted by molar-refractivity contribution is 0.604. The van der Waals surface area contributed by atoms with Crippen LogP contribution in [0.4, 0.5) is 0 Å². The fourth-order valence-electron chi connectivity index (χ4n) is 1.22. The van der Waals surface area contributed by atoms with Gasteiger partial charge < -0.3 is 4.43 Å². The van der Waals surface area contributed by atoms with Crippen molar-refractivity contribution in [2.45, 2.75) is 6.42 Å². The van der Waals surface area contributed by atoms with Gasteiger partial charge in [0.2, 0.25) is 9.38 Å². The second kappa shape index (κ2) is 3.50. The maximum atomic E-state index is 5.60. The molecular weight excluding hydrogens is 164 g/mol. The van der Waals surface area contributed by atoms with E-state index in [0.29, 0.717) is 0 Å². The molecule has 1 aromatic carbocycles. The van der Waals surface area contributed by atoms with Crippen LogP contribution in [0.25, 0.3) is 0 Å². The Morgan fingerprint density at radius 3 is 3.17 bits per heavy atom. The van der Waals surface area contributed by atoms with Crippen molar-refractivity contribution < 1.29 is 4.43 Å². The van der Waals surface area contributed by atoms with Crippen LogP contribution in [0.3, 0.4) is 0 Å². The molecule has 1 nitrogen and oxygen atoms in total. The van der Waals surface area contributed by atoms with Gasteiger partial charge in [-0.2, -0.15) is 0 Å². The number of para-hydroxylation sites is 1. The maximum absolute atomic E-state index is 5.60. The highest BCUT2D eigenvalue weighted by molar-refractivity contribution is 6.44. The third-order valence-corrected chi connectivity index (χ3v) is 2.60. The molecule has 0 bridgehead atoms. The van der Waals surface area contributed by atoms with Crippen molar-refractivity contribution in [2.75, 3.05) is 0 Å². The molecule has 0 atom stereocenters. The maximum Gasteiger partial charge on any atom is 0.224 e. The summed E-state index contributed by atoms with van der Waals surface area (Å²) in [4.78, 5) is 0. The van der Waals surface area contributed by atoms with Gasteiger partial charge >= 0.3 is 0 Å². The summed E-state index contributed by atoms with van der Waals surface area (Å²) in [5.74, 6) is 1.05. The molecule has 2 rings (SSSR count). The molecule has 1 aliphatic rings. The Morgan fingerprint density at radius 1 is 1.25 bits per heavy atom. The zero-order valence-electron chi connectivity index (χ0n) is 6.73. The van der Waals surface area contributed by atoms with Crippen LogP contribution in [-0.4, -0.2) is 15.0 Å². The first-order chi connectivity index (χ1) is 5.97. The van der Waals surface area contributed by atoms with Crippen molar-refractivity contribution in [1.82, 2.24) is 0 Å². The first-order valence-electron chi connectivity index (χ1n) is 4.03. The first kappa shape index (κ1) is 7.49. The van der Waals surface area contributed by atoms with Gasteiger partial charge in [-0.05, 0) is 23.7 Å². The summed E-state index contributed by atoms with van der Waals surface area (Å²) in [6.45, 7) is 0. The molecule has 2 heteroatoms. The van der Waals surface area contributed by atoms with Crippen LogP contribution in [0.2, 0.25) is 0 Å². The van der Waals surface area contributed by atoms with Gasteiger partial charge in [0.25, 0.3) is 0 Å². The topological polar surface area (TPSA) is 9.23 Å². The van der Waals surface area contributed by atoms with Crippen LogP contribution in [0.1, 0.15) is 5.56 Å². The molecule has 0 N–H and O–H groups in total. The molecule has 1 heterocycles. The predicted molar refractivity (Wildman–Crippen MR) is 53.1 cm³/mol. The quantitative estimate of drug-likeness (QED) is 0.539. The molecule has 0 aromatic heterocycles. The number of benzene rings is 1. The third-order valence-electron chi connectivity index (χ3n) is 1.83. The summed E-state index contributed by atoms with van der Waals surface area (Å²) in [6.07, 6.45) is 5.24. The zero-order chi connectivity index (χ0) is 8.23. The lowest BCUT2D eigenvalue weighted by atomic mass is 10.1. The summed E-state index contributed by atoms with van der Waals surface area (Å²) in [6, 6.07) is 8.22. The number of rotatable bonds is 0. The average molecular weight is 174 g/mol. The van der Waals surface area contributed by atoms with Crippen molar-refractivity contribution in [2.24, 2.45) is 0 Å². The van der Waals surface area contributed by atoms with E-state index in [0.717, 1.165) is 12.2 Å². The van der Waals surface area contributed by atoms with E-state index in [1.807, 2.05) is 12.1 Å². The fraction of sp³-hybridized carbons (Fsp3) is 0.100. The molecule has 1 aromatic rings. The van der Waals surface area contributed by atoms with Crippen LogP contribution in [0, 0.1) is 0 Å². The molecule has 0 aliphatic carbocycles. The van der Waals surface area contributed by atoms with Gasteiger partial charge in [-0.3, -0.25) is 0 Å². The van der Waals surface area contributed by atoms with Crippen molar-refractivity contribution in [3.05, 3.63) is 42.0 Å². The van der Waals surface area contributed by atoms with E-state index in [9.17, 15) is 0 Å². The number of allylic oxidation sites excluding steroid dienone is 2. The van der Waals surface area contributed by atoms with Gasteiger partial charge in [-0.25, -0.2) is 0 Å². The predicted octanol–water partition coefficient (Wildman–Crippen LogP) is 1.33. The van der Waals surface area contributed by atoms with Gasteiger partial charge in [-0.15, -0.1) is 0 Å². The summed E-state index contributed by atoms with van der Waals surface area (Å²) < 4.78 is 5.60. The number of fused-ring (bicyclic) bond motifs is 1. The fourth-order valence-corrected chi connectivity index (χ4v) is 1.92. The normalized spacial score (nSPS) is 14.3. The van der Waals surface area contributed by atoms with Gasteiger partial charge in [0.15, 0.2) is 0 Å². The van der Waals surface area contributed by atoms with Crippen LogP contribution >= 0.6 is 0 Å². The molecule has 1 aliphatic heterocycles. The minimum absolute atomic E-state index is 0.0117. The van der Waals surface area contributed by atoms with Crippen LogP contribution in [0.5, 0.6) is 5.75 Å². The van der Waals surface area contributed by atoms with Crippen molar-refractivity contribution >= 4 is 15.0 Å². The van der Waals surface area contributed by atoms with E-state index in [-0.39, 0.29) is 9.38 Å². The Labute approximate surface area is 74.2 Å². The second-order valence-electron chi connectivity index (χ2n) is 2.69. The van der Waals surface area contributed by atoms with Crippen molar-refractivity contribution in [1.29, 1.82) is 0 Å². The number of hydrogen-bond donors (Lipinski definition) is 0. The molecule has 0 unspecified atom stereocenters. The highest BCUT2D eigenvalue weighted by Crippen LogP contribution is 2.18. The third kappa shape index (κ3) is 1.53. The Morgan fingerprint density at radius 2 is 2.17 bits per heavy atom. The van der Waals surface area contributed by atoms with E-state index in [4.69, 9.17) is 4.43 Å². The zero-order valence-corrected chi connectivity index (χ0v) is 7.89. The Bertz CT molecular complexity index is 295. The second-order valence-corrected chi connectivity index (χ2v) is 3.58. The van der Waals surface area contributed by atoms with Gasteiger partial charge in [0, 0.05) is 0 Å². The minimum Gasteiger partial charge on any atom is -0.519 e. The molecule has 12 heavy (non-hydrogen) atoms. The summed E-state index contributed by atoms with van der Waals surface area (Å²) >= 11 is 0. The highest BCUT2D eigenvalue weighted by Gasteiger charge is 1.99.